The molecular weight excluding hydrogens is 651 g/mol. The summed E-state index contributed by atoms with van der Waals surface area (Å²) in [6, 6.07) is 19.9. The zero-order valence-electron chi connectivity index (χ0n) is 24.7. The quantitative estimate of drug-likeness (QED) is 0.134. The summed E-state index contributed by atoms with van der Waals surface area (Å²) in [7, 11) is 0. The van der Waals surface area contributed by atoms with Gasteiger partial charge in [0.05, 0.1) is 0 Å². The molecule has 7 nitrogen and oxygen atoms in total. The number of para-hydroxylation sites is 1. The minimum absolute atomic E-state index is 0.125. The second kappa shape index (κ2) is 13.7. The molecule has 224 valence electrons. The van der Waals surface area contributed by atoms with Crippen LogP contribution in [0.4, 0.5) is 11.4 Å². The Balaban J connectivity index is 1.10. The molecule has 43 heavy (non-hydrogen) atoms. The average molecular weight is 691 g/mol. The Morgan fingerprint density at radius 3 is 2.60 bits per heavy atom. The molecule has 6 rings (SSSR count). The zero-order chi connectivity index (χ0) is 29.6. The summed E-state index contributed by atoms with van der Waals surface area (Å²) in [5, 5.41) is 8.72. The molecule has 0 spiro atoms. The van der Waals surface area contributed by atoms with Crippen LogP contribution in [0.1, 0.15) is 51.3 Å². The molecule has 2 aromatic carbocycles. The summed E-state index contributed by atoms with van der Waals surface area (Å²) < 4.78 is 11.1. The number of fused-ring (bicyclic) bond motifs is 1. The Hall–Kier alpha value is -3.79. The number of nitrogens with zero attached hydrogens (tertiary/aromatic N) is 2. The molecule has 0 atom stereocenters. The number of carbonyl (C=O) groups excluding carboxylic acids is 2. The first-order chi connectivity index (χ1) is 21.0. The van der Waals surface area contributed by atoms with Crippen LogP contribution in [0.25, 0.3) is 12.2 Å². The Morgan fingerprint density at radius 2 is 1.79 bits per heavy atom. The normalized spacial score (nSPS) is 15.3. The third-order valence-corrected chi connectivity index (χ3v) is 14.1. The number of aromatic nitrogens is 1. The minimum atomic E-state index is -1.29. The van der Waals surface area contributed by atoms with E-state index in [1.165, 1.54) is 36.9 Å². The van der Waals surface area contributed by atoms with Crippen molar-refractivity contribution in [1.82, 2.24) is 9.88 Å². The van der Waals surface area contributed by atoms with Crippen LogP contribution in [0.5, 0.6) is 0 Å². The molecule has 2 aromatic heterocycles. The van der Waals surface area contributed by atoms with E-state index in [2.05, 4.69) is 75.7 Å². The van der Waals surface area contributed by atoms with Crippen LogP contribution in [-0.2, 0) is 11.0 Å². The van der Waals surface area contributed by atoms with Crippen LogP contribution in [-0.4, -0.2) is 44.9 Å². The molecular formula is C35H39IN4O3. The van der Waals surface area contributed by atoms with Crippen LogP contribution in [0.3, 0.4) is 0 Å². The standard InChI is InChI=1S/C35H39IN4O3/c1-26-8-2-4-10-31(26)40-21-16-36(17-22-40)25-29-14-13-28(24-30(29)38-35(42)33-12-6-23-43-33)34(41)37-18-7-19-39-20-15-27-9-3-5-11-32(27)39/h2,4,6,8-15,20,23-24H,3,5,7,16-19,21-22,25H2,1H3,(H,37,41)(H,38,42). The van der Waals surface area contributed by atoms with Crippen LogP contribution >= 0.6 is 19.8 Å². The first-order valence-corrected chi connectivity index (χ1v) is 19.6. The van der Waals surface area contributed by atoms with Gasteiger partial charge < -0.3 is 0 Å². The number of anilines is 2. The summed E-state index contributed by atoms with van der Waals surface area (Å²) in [6.45, 7) is 5.77. The first kappa shape index (κ1) is 29.3. The van der Waals surface area contributed by atoms with Crippen molar-refractivity contribution in [3.8, 4) is 0 Å². The predicted molar refractivity (Wildman–Crippen MR) is 183 cm³/mol. The summed E-state index contributed by atoms with van der Waals surface area (Å²) in [4.78, 5) is 28.6. The number of aryl methyl sites for hydroxylation is 2. The van der Waals surface area contributed by atoms with Gasteiger partial charge in [0.15, 0.2) is 0 Å². The van der Waals surface area contributed by atoms with Gasteiger partial charge in [-0.15, -0.1) is 0 Å². The Morgan fingerprint density at radius 1 is 0.953 bits per heavy atom. The van der Waals surface area contributed by atoms with E-state index in [4.69, 9.17) is 4.42 Å². The Bertz CT molecular complexity index is 1700. The van der Waals surface area contributed by atoms with Crippen LogP contribution < -0.4 is 26.1 Å². The summed E-state index contributed by atoms with van der Waals surface area (Å²) in [6.07, 6.45) is 11.2. The summed E-state index contributed by atoms with van der Waals surface area (Å²) in [5.41, 5.74) is 5.03. The number of halogens is 1. The second-order valence-electron chi connectivity index (χ2n) is 11.1. The molecule has 1 aliphatic heterocycles. The first-order valence-electron chi connectivity index (χ1n) is 15.0. The fraction of sp³-hybridized carbons (Fsp3) is 0.314. The van der Waals surface area contributed by atoms with Gasteiger partial charge in [0.1, 0.15) is 0 Å². The molecule has 1 aliphatic carbocycles. The van der Waals surface area contributed by atoms with Gasteiger partial charge in [0, 0.05) is 0 Å². The topological polar surface area (TPSA) is 79.5 Å². The molecule has 1 fully saturated rings. The molecule has 1 saturated heterocycles. The van der Waals surface area contributed by atoms with Gasteiger partial charge in [-0.2, -0.15) is 0 Å². The van der Waals surface area contributed by atoms with Crippen molar-refractivity contribution in [2.24, 2.45) is 0 Å². The Labute approximate surface area is 260 Å². The van der Waals surface area contributed by atoms with E-state index in [9.17, 15) is 9.59 Å². The molecule has 8 heteroatoms. The zero-order valence-corrected chi connectivity index (χ0v) is 26.8. The van der Waals surface area contributed by atoms with E-state index >= 15 is 0 Å². The predicted octanol–water partition coefficient (Wildman–Crippen LogP) is 5.34. The van der Waals surface area contributed by atoms with E-state index in [0.29, 0.717) is 17.8 Å². The molecule has 2 N–H and O–H groups in total. The average Bonchev–Trinajstić information content (AvgIpc) is 3.72. The fourth-order valence-electron chi connectivity index (χ4n) is 5.80. The maximum atomic E-state index is 13.1. The van der Waals surface area contributed by atoms with E-state index in [1.807, 2.05) is 18.2 Å². The van der Waals surface area contributed by atoms with Gasteiger partial charge in [-0.1, -0.05) is 12.2 Å². The molecule has 0 saturated carbocycles. The third kappa shape index (κ3) is 7.06. The van der Waals surface area contributed by atoms with Crippen molar-refractivity contribution in [3.63, 3.8) is 0 Å². The SMILES string of the molecule is Cc1ccccc1N1CCI(Cc2ccc(C(=O)NCCCn3ccc4c3=CCCC=4)cc2NC(=O)c2ccco2)CC1. The van der Waals surface area contributed by atoms with Gasteiger partial charge in [0.2, 0.25) is 0 Å². The summed E-state index contributed by atoms with van der Waals surface area (Å²) in [5.74, 6) is -0.167. The Kier molecular flexibility index (Phi) is 9.31. The van der Waals surface area contributed by atoms with Crippen LogP contribution in [0.15, 0.2) is 77.5 Å². The molecule has 2 amide bonds. The number of hydrogen-bond donors (Lipinski definition) is 2. The number of amides is 2. The van der Waals surface area contributed by atoms with E-state index in [-0.39, 0.29) is 17.6 Å². The van der Waals surface area contributed by atoms with E-state index < -0.39 is 19.8 Å². The third-order valence-electron chi connectivity index (χ3n) is 8.17. The van der Waals surface area contributed by atoms with Crippen LogP contribution in [0, 0.1) is 6.92 Å². The molecule has 0 unspecified atom stereocenters. The van der Waals surface area contributed by atoms with Crippen LogP contribution in [0.2, 0.25) is 0 Å². The summed E-state index contributed by atoms with van der Waals surface area (Å²) >= 11 is -1.29. The van der Waals surface area contributed by atoms with E-state index in [1.54, 1.807) is 12.1 Å². The second-order valence-corrected chi connectivity index (χ2v) is 17.3. The number of hydrogen-bond acceptors (Lipinski definition) is 4. The van der Waals surface area contributed by atoms with Gasteiger partial charge in [0.25, 0.3) is 0 Å². The van der Waals surface area contributed by atoms with E-state index in [0.717, 1.165) is 48.9 Å². The maximum absolute atomic E-state index is 13.1. The number of carbonyl (C=O) groups is 2. The van der Waals surface area contributed by atoms with Gasteiger partial charge in [-0.05, 0) is 24.1 Å². The van der Waals surface area contributed by atoms with Crippen molar-refractivity contribution < 1.29 is 14.0 Å². The monoisotopic (exact) mass is 690 g/mol. The number of rotatable bonds is 10. The molecule has 2 aliphatic rings. The van der Waals surface area contributed by atoms with Gasteiger partial charge >= 0.3 is 225 Å². The number of alkyl halides is 3. The fourth-order valence-corrected chi connectivity index (χ4v) is 11.5. The number of furan rings is 1. The van der Waals surface area contributed by atoms with Crippen molar-refractivity contribution in [2.75, 3.05) is 38.7 Å². The number of nitrogens with one attached hydrogen (secondary N) is 2. The molecule has 4 aromatic rings. The van der Waals surface area contributed by atoms with Gasteiger partial charge in [-0.3, -0.25) is 0 Å². The number of benzene rings is 2. The van der Waals surface area contributed by atoms with Crippen molar-refractivity contribution in [3.05, 3.63) is 106 Å². The molecule has 0 bridgehead atoms. The van der Waals surface area contributed by atoms with Gasteiger partial charge in [-0.25, -0.2) is 0 Å². The van der Waals surface area contributed by atoms with Crippen molar-refractivity contribution >= 4 is 55.2 Å². The van der Waals surface area contributed by atoms with Crippen molar-refractivity contribution in [2.45, 2.75) is 37.2 Å². The molecule has 3 heterocycles. The molecule has 0 radical (unpaired) electrons. The van der Waals surface area contributed by atoms with Crippen molar-refractivity contribution in [1.29, 1.82) is 0 Å².